The standard InChI is InChI=1S/C16H24N2O3/c1-20-15-4-2-3-14(13-15)5-7-17-8-6-16(19)18-9-11-21-12-10-18/h2-4,13,17H,5-12H2,1H3. The zero-order chi connectivity index (χ0) is 14.9. The van der Waals surface area contributed by atoms with E-state index in [0.717, 1.165) is 38.3 Å². The first kappa shape index (κ1) is 15.8. The molecule has 1 aromatic carbocycles. The van der Waals surface area contributed by atoms with Crippen LogP contribution in [0.3, 0.4) is 0 Å². The summed E-state index contributed by atoms with van der Waals surface area (Å²) in [5.74, 6) is 1.10. The van der Waals surface area contributed by atoms with Crippen molar-refractivity contribution in [1.82, 2.24) is 10.2 Å². The van der Waals surface area contributed by atoms with Gasteiger partial charge in [0.1, 0.15) is 5.75 Å². The topological polar surface area (TPSA) is 50.8 Å². The van der Waals surface area contributed by atoms with E-state index in [1.807, 2.05) is 23.1 Å². The molecule has 0 atom stereocenters. The Balaban J connectivity index is 1.60. The molecule has 1 aliphatic heterocycles. The van der Waals surface area contributed by atoms with Crippen LogP contribution < -0.4 is 10.1 Å². The quantitative estimate of drug-likeness (QED) is 0.764. The molecular weight excluding hydrogens is 268 g/mol. The number of morpholine rings is 1. The molecule has 0 aromatic heterocycles. The monoisotopic (exact) mass is 292 g/mol. The van der Waals surface area contributed by atoms with Crippen LogP contribution in [0.2, 0.25) is 0 Å². The molecule has 1 N–H and O–H groups in total. The second kappa shape index (κ2) is 8.64. The molecule has 0 saturated carbocycles. The van der Waals surface area contributed by atoms with Crippen LogP contribution in [0.25, 0.3) is 0 Å². The van der Waals surface area contributed by atoms with Crippen molar-refractivity contribution < 1.29 is 14.3 Å². The molecule has 0 unspecified atom stereocenters. The van der Waals surface area contributed by atoms with E-state index >= 15 is 0 Å². The highest BCUT2D eigenvalue weighted by atomic mass is 16.5. The van der Waals surface area contributed by atoms with E-state index < -0.39 is 0 Å². The fraction of sp³-hybridized carbons (Fsp3) is 0.562. The molecule has 5 nitrogen and oxygen atoms in total. The highest BCUT2D eigenvalue weighted by molar-refractivity contribution is 5.76. The first-order valence-electron chi connectivity index (χ1n) is 7.49. The summed E-state index contributed by atoms with van der Waals surface area (Å²) in [6, 6.07) is 8.07. The van der Waals surface area contributed by atoms with E-state index in [4.69, 9.17) is 9.47 Å². The van der Waals surface area contributed by atoms with Crippen LogP contribution in [0.1, 0.15) is 12.0 Å². The molecule has 1 heterocycles. The fourth-order valence-electron chi connectivity index (χ4n) is 2.35. The minimum Gasteiger partial charge on any atom is -0.497 e. The number of ether oxygens (including phenoxy) is 2. The third-order valence-electron chi connectivity index (χ3n) is 3.60. The minimum absolute atomic E-state index is 0.215. The van der Waals surface area contributed by atoms with E-state index in [9.17, 15) is 4.79 Å². The Kier molecular flexibility index (Phi) is 6.50. The van der Waals surface area contributed by atoms with Gasteiger partial charge in [-0.15, -0.1) is 0 Å². The second-order valence-corrected chi connectivity index (χ2v) is 5.09. The Morgan fingerprint density at radius 1 is 1.33 bits per heavy atom. The van der Waals surface area contributed by atoms with Crippen LogP contribution in [-0.2, 0) is 16.0 Å². The maximum absolute atomic E-state index is 11.9. The lowest BCUT2D eigenvalue weighted by atomic mass is 10.1. The molecule has 116 valence electrons. The van der Waals surface area contributed by atoms with Gasteiger partial charge < -0.3 is 19.7 Å². The van der Waals surface area contributed by atoms with E-state index in [-0.39, 0.29) is 5.91 Å². The highest BCUT2D eigenvalue weighted by Gasteiger charge is 2.15. The predicted molar refractivity (Wildman–Crippen MR) is 81.6 cm³/mol. The number of amides is 1. The number of benzene rings is 1. The molecule has 1 aromatic rings. The first-order chi connectivity index (χ1) is 10.3. The van der Waals surface area contributed by atoms with Gasteiger partial charge in [-0.25, -0.2) is 0 Å². The van der Waals surface area contributed by atoms with Gasteiger partial charge in [-0.05, 0) is 30.7 Å². The summed E-state index contributed by atoms with van der Waals surface area (Å²) >= 11 is 0. The Hall–Kier alpha value is -1.59. The van der Waals surface area contributed by atoms with E-state index in [1.54, 1.807) is 7.11 Å². The summed E-state index contributed by atoms with van der Waals surface area (Å²) in [5, 5.41) is 3.32. The van der Waals surface area contributed by atoms with Crippen molar-refractivity contribution in [3.05, 3.63) is 29.8 Å². The van der Waals surface area contributed by atoms with Crippen LogP contribution in [0, 0.1) is 0 Å². The lowest BCUT2D eigenvalue weighted by Gasteiger charge is -2.26. The minimum atomic E-state index is 0.215. The third kappa shape index (κ3) is 5.36. The molecule has 2 rings (SSSR count). The second-order valence-electron chi connectivity index (χ2n) is 5.09. The van der Waals surface area contributed by atoms with Crippen molar-refractivity contribution >= 4 is 5.91 Å². The van der Waals surface area contributed by atoms with E-state index in [0.29, 0.717) is 19.6 Å². The van der Waals surface area contributed by atoms with Gasteiger partial charge in [-0.3, -0.25) is 4.79 Å². The van der Waals surface area contributed by atoms with Crippen LogP contribution >= 0.6 is 0 Å². The van der Waals surface area contributed by atoms with Crippen molar-refractivity contribution in [3.63, 3.8) is 0 Å². The molecule has 0 aliphatic carbocycles. The van der Waals surface area contributed by atoms with Gasteiger partial charge in [0.15, 0.2) is 0 Å². The Bertz CT molecular complexity index is 445. The van der Waals surface area contributed by atoms with Crippen molar-refractivity contribution in [2.75, 3.05) is 46.5 Å². The lowest BCUT2D eigenvalue weighted by molar-refractivity contribution is -0.135. The number of hydrogen-bond donors (Lipinski definition) is 1. The van der Waals surface area contributed by atoms with E-state index in [2.05, 4.69) is 11.4 Å². The van der Waals surface area contributed by atoms with Gasteiger partial charge in [-0.2, -0.15) is 0 Å². The van der Waals surface area contributed by atoms with Crippen LogP contribution in [0.4, 0.5) is 0 Å². The molecule has 0 bridgehead atoms. The van der Waals surface area contributed by atoms with Crippen molar-refractivity contribution in [2.24, 2.45) is 0 Å². The predicted octanol–water partition coefficient (Wildman–Crippen LogP) is 1.08. The van der Waals surface area contributed by atoms with Gasteiger partial charge in [0.25, 0.3) is 0 Å². The van der Waals surface area contributed by atoms with Gasteiger partial charge in [0.2, 0.25) is 5.91 Å². The van der Waals surface area contributed by atoms with Crippen LogP contribution in [0.5, 0.6) is 5.75 Å². The number of nitrogens with one attached hydrogen (secondary N) is 1. The first-order valence-corrected chi connectivity index (χ1v) is 7.49. The molecule has 1 saturated heterocycles. The molecule has 1 amide bonds. The fourth-order valence-corrected chi connectivity index (χ4v) is 2.35. The molecule has 21 heavy (non-hydrogen) atoms. The number of carbonyl (C=O) groups excluding carboxylic acids is 1. The van der Waals surface area contributed by atoms with Gasteiger partial charge >= 0.3 is 0 Å². The average Bonchev–Trinajstić information content (AvgIpc) is 2.55. The zero-order valence-electron chi connectivity index (χ0n) is 12.6. The number of rotatable bonds is 7. The van der Waals surface area contributed by atoms with Crippen molar-refractivity contribution in [3.8, 4) is 5.75 Å². The number of hydrogen-bond acceptors (Lipinski definition) is 4. The summed E-state index contributed by atoms with van der Waals surface area (Å²) in [6.45, 7) is 4.36. The highest BCUT2D eigenvalue weighted by Crippen LogP contribution is 2.12. The summed E-state index contributed by atoms with van der Waals surface area (Å²) in [4.78, 5) is 13.8. The smallest absolute Gasteiger partial charge is 0.224 e. The number of methoxy groups -OCH3 is 1. The number of nitrogens with zero attached hydrogens (tertiary/aromatic N) is 1. The Morgan fingerprint density at radius 3 is 2.90 bits per heavy atom. The summed E-state index contributed by atoms with van der Waals surface area (Å²) < 4.78 is 10.4. The SMILES string of the molecule is COc1cccc(CCNCCC(=O)N2CCOCC2)c1. The van der Waals surface area contributed by atoms with Gasteiger partial charge in [0, 0.05) is 26.1 Å². The van der Waals surface area contributed by atoms with Gasteiger partial charge in [0.05, 0.1) is 20.3 Å². The largest absolute Gasteiger partial charge is 0.497 e. The third-order valence-corrected chi connectivity index (χ3v) is 3.60. The summed E-state index contributed by atoms with van der Waals surface area (Å²) in [7, 11) is 1.68. The number of carbonyl (C=O) groups is 1. The molecule has 1 fully saturated rings. The Morgan fingerprint density at radius 2 is 2.14 bits per heavy atom. The summed E-state index contributed by atoms with van der Waals surface area (Å²) in [6.07, 6.45) is 1.49. The van der Waals surface area contributed by atoms with E-state index in [1.165, 1.54) is 5.56 Å². The molecular formula is C16H24N2O3. The molecule has 5 heteroatoms. The maximum Gasteiger partial charge on any atom is 0.224 e. The van der Waals surface area contributed by atoms with Crippen LogP contribution in [-0.4, -0.2) is 57.3 Å². The maximum atomic E-state index is 11.9. The van der Waals surface area contributed by atoms with Gasteiger partial charge in [-0.1, -0.05) is 12.1 Å². The lowest BCUT2D eigenvalue weighted by Crippen LogP contribution is -2.41. The molecule has 1 aliphatic rings. The van der Waals surface area contributed by atoms with Crippen LogP contribution in [0.15, 0.2) is 24.3 Å². The molecule has 0 radical (unpaired) electrons. The molecule has 0 spiro atoms. The normalized spacial score (nSPS) is 15.0. The zero-order valence-corrected chi connectivity index (χ0v) is 12.6. The summed E-state index contributed by atoms with van der Waals surface area (Å²) in [5.41, 5.74) is 1.24. The van der Waals surface area contributed by atoms with Crippen molar-refractivity contribution in [2.45, 2.75) is 12.8 Å². The Labute approximate surface area is 126 Å². The van der Waals surface area contributed by atoms with Crippen molar-refractivity contribution in [1.29, 1.82) is 0 Å². The average molecular weight is 292 g/mol.